The van der Waals surface area contributed by atoms with Crippen molar-refractivity contribution in [1.82, 2.24) is 4.90 Å². The first-order valence-corrected chi connectivity index (χ1v) is 9.75. The van der Waals surface area contributed by atoms with E-state index in [1.54, 1.807) is 25.6 Å². The maximum Gasteiger partial charge on any atom is 0.254 e. The fraction of sp³-hybridized carbons (Fsp3) is 0.227. The molecule has 0 aliphatic carbocycles. The maximum absolute atomic E-state index is 13.3. The molecule has 27 heavy (non-hydrogen) atoms. The van der Waals surface area contributed by atoms with Gasteiger partial charge in [0.15, 0.2) is 11.5 Å². The Labute approximate surface area is 163 Å². The van der Waals surface area contributed by atoms with E-state index in [2.05, 4.69) is 11.4 Å². The summed E-state index contributed by atoms with van der Waals surface area (Å²) in [5.74, 6) is 1.46. The number of amides is 1. The lowest BCUT2D eigenvalue weighted by atomic mass is 9.90. The minimum atomic E-state index is -0.124. The van der Waals surface area contributed by atoms with Crippen LogP contribution in [0.1, 0.15) is 32.4 Å². The number of carbonyl (C=O) groups is 1. The van der Waals surface area contributed by atoms with Crippen molar-refractivity contribution in [3.05, 3.63) is 81.5 Å². The molecule has 0 fully saturated rings. The summed E-state index contributed by atoms with van der Waals surface area (Å²) in [7, 11) is 3.29. The van der Waals surface area contributed by atoms with Crippen LogP contribution in [0.2, 0.25) is 0 Å². The van der Waals surface area contributed by atoms with Gasteiger partial charge in [-0.1, -0.05) is 24.3 Å². The van der Waals surface area contributed by atoms with Crippen LogP contribution in [-0.4, -0.2) is 31.6 Å². The van der Waals surface area contributed by atoms with Gasteiger partial charge in [-0.15, -0.1) is 11.3 Å². The summed E-state index contributed by atoms with van der Waals surface area (Å²) in [5, 5.41) is 2.05. The number of hydrogen-bond acceptors (Lipinski definition) is 4. The van der Waals surface area contributed by atoms with Crippen molar-refractivity contribution in [3.8, 4) is 11.5 Å². The van der Waals surface area contributed by atoms with Crippen LogP contribution in [0.5, 0.6) is 11.5 Å². The minimum absolute atomic E-state index is 0.0504. The van der Waals surface area contributed by atoms with Crippen molar-refractivity contribution >= 4 is 17.2 Å². The van der Waals surface area contributed by atoms with Crippen molar-refractivity contribution in [2.45, 2.75) is 12.5 Å². The van der Waals surface area contributed by atoms with Crippen molar-refractivity contribution < 1.29 is 14.3 Å². The van der Waals surface area contributed by atoms with Gasteiger partial charge in [0.25, 0.3) is 5.91 Å². The molecule has 1 aromatic heterocycles. The lowest BCUT2D eigenvalue weighted by Crippen LogP contribution is -2.40. The zero-order valence-corrected chi connectivity index (χ0v) is 16.2. The molecule has 138 valence electrons. The van der Waals surface area contributed by atoms with Crippen molar-refractivity contribution in [2.75, 3.05) is 20.8 Å². The van der Waals surface area contributed by atoms with E-state index in [9.17, 15) is 4.79 Å². The molecule has 2 heterocycles. The Morgan fingerprint density at radius 1 is 1.04 bits per heavy atom. The number of methoxy groups -OCH3 is 2. The van der Waals surface area contributed by atoms with Crippen molar-refractivity contribution in [3.63, 3.8) is 0 Å². The van der Waals surface area contributed by atoms with Crippen molar-refractivity contribution in [1.29, 1.82) is 0 Å². The molecule has 1 unspecified atom stereocenters. The Hall–Kier alpha value is -2.79. The normalized spacial score (nSPS) is 15.9. The van der Waals surface area contributed by atoms with E-state index < -0.39 is 0 Å². The molecule has 0 spiro atoms. The Balaban J connectivity index is 1.82. The van der Waals surface area contributed by atoms with Crippen LogP contribution in [0.4, 0.5) is 0 Å². The van der Waals surface area contributed by atoms with Crippen LogP contribution in [0.25, 0.3) is 0 Å². The Morgan fingerprint density at radius 2 is 1.78 bits per heavy atom. The molecule has 5 heteroatoms. The second kappa shape index (κ2) is 7.45. The smallest absolute Gasteiger partial charge is 0.254 e. The molecule has 0 bridgehead atoms. The largest absolute Gasteiger partial charge is 0.493 e. The quantitative estimate of drug-likeness (QED) is 0.667. The van der Waals surface area contributed by atoms with Gasteiger partial charge in [0.05, 0.1) is 20.3 Å². The van der Waals surface area contributed by atoms with Crippen LogP contribution in [0, 0.1) is 0 Å². The van der Waals surface area contributed by atoms with Gasteiger partial charge in [0.1, 0.15) is 0 Å². The highest BCUT2D eigenvalue weighted by Gasteiger charge is 2.34. The number of nitrogens with zero attached hydrogens (tertiary/aromatic N) is 1. The van der Waals surface area contributed by atoms with E-state index in [4.69, 9.17) is 9.47 Å². The third-order valence-corrected chi connectivity index (χ3v) is 5.89. The highest BCUT2D eigenvalue weighted by Crippen LogP contribution is 2.42. The number of carbonyl (C=O) groups excluding carboxylic acids is 1. The molecule has 2 aromatic carbocycles. The van der Waals surface area contributed by atoms with E-state index in [-0.39, 0.29) is 11.9 Å². The van der Waals surface area contributed by atoms with Crippen LogP contribution in [0.3, 0.4) is 0 Å². The van der Waals surface area contributed by atoms with Gasteiger partial charge < -0.3 is 14.4 Å². The van der Waals surface area contributed by atoms with Gasteiger partial charge >= 0.3 is 0 Å². The molecule has 4 nitrogen and oxygen atoms in total. The van der Waals surface area contributed by atoms with Crippen LogP contribution in [-0.2, 0) is 6.42 Å². The monoisotopic (exact) mass is 379 g/mol. The molecular weight excluding hydrogens is 358 g/mol. The number of rotatable bonds is 4. The lowest BCUT2D eigenvalue weighted by Gasteiger charge is -2.37. The van der Waals surface area contributed by atoms with Crippen LogP contribution >= 0.6 is 11.3 Å². The third kappa shape index (κ3) is 3.19. The fourth-order valence-electron chi connectivity index (χ4n) is 3.66. The van der Waals surface area contributed by atoms with Gasteiger partial charge in [-0.05, 0) is 53.3 Å². The number of thiophene rings is 1. The number of hydrogen-bond donors (Lipinski definition) is 0. The topological polar surface area (TPSA) is 38.8 Å². The highest BCUT2D eigenvalue weighted by molar-refractivity contribution is 7.10. The molecule has 1 amide bonds. The molecule has 0 radical (unpaired) electrons. The van der Waals surface area contributed by atoms with Gasteiger partial charge in [0.2, 0.25) is 0 Å². The van der Waals surface area contributed by atoms with E-state index in [0.717, 1.165) is 22.6 Å². The Bertz CT molecular complexity index is 938. The summed E-state index contributed by atoms with van der Waals surface area (Å²) in [4.78, 5) is 16.4. The zero-order valence-electron chi connectivity index (χ0n) is 15.3. The van der Waals surface area contributed by atoms with Crippen molar-refractivity contribution in [2.24, 2.45) is 0 Å². The molecular formula is C22H21NO3S. The average molecular weight is 379 g/mol. The van der Waals surface area contributed by atoms with E-state index in [0.29, 0.717) is 17.9 Å². The number of benzene rings is 2. The molecule has 4 rings (SSSR count). The second-order valence-electron chi connectivity index (χ2n) is 6.44. The summed E-state index contributed by atoms with van der Waals surface area (Å²) in [5.41, 5.74) is 3.01. The molecule has 1 aliphatic rings. The van der Waals surface area contributed by atoms with E-state index in [1.807, 2.05) is 53.4 Å². The van der Waals surface area contributed by atoms with Crippen LogP contribution < -0.4 is 9.47 Å². The van der Waals surface area contributed by atoms with E-state index >= 15 is 0 Å². The van der Waals surface area contributed by atoms with Gasteiger partial charge in [-0.3, -0.25) is 4.79 Å². The molecule has 3 aromatic rings. The first-order chi connectivity index (χ1) is 13.2. The summed E-state index contributed by atoms with van der Waals surface area (Å²) in [6.45, 7) is 0.665. The molecule has 0 saturated carbocycles. The summed E-state index contributed by atoms with van der Waals surface area (Å²) in [6, 6.07) is 17.5. The summed E-state index contributed by atoms with van der Waals surface area (Å²) < 4.78 is 11.0. The molecule has 1 aliphatic heterocycles. The predicted molar refractivity (Wildman–Crippen MR) is 107 cm³/mol. The first kappa shape index (κ1) is 17.6. The van der Waals surface area contributed by atoms with Gasteiger partial charge in [-0.25, -0.2) is 0 Å². The number of fused-ring (bicyclic) bond motifs is 1. The summed E-state index contributed by atoms with van der Waals surface area (Å²) >= 11 is 1.67. The average Bonchev–Trinajstić information content (AvgIpc) is 3.26. The molecule has 0 saturated heterocycles. The summed E-state index contributed by atoms with van der Waals surface area (Å²) in [6.07, 6.45) is 0.788. The zero-order chi connectivity index (χ0) is 18.8. The van der Waals surface area contributed by atoms with E-state index in [1.165, 1.54) is 5.56 Å². The maximum atomic E-state index is 13.3. The minimum Gasteiger partial charge on any atom is -0.493 e. The SMILES string of the molecule is COc1cc2c(cc1OC)C(c1cccs1)N(C(=O)c1ccccc1)CC2. The standard InChI is InChI=1S/C22H21NO3S/c1-25-18-13-16-10-11-23(22(24)15-7-4-3-5-8-15)21(20-9-6-12-27-20)17(16)14-19(18)26-2/h3-9,12-14,21H,10-11H2,1-2H3. The fourth-order valence-corrected chi connectivity index (χ4v) is 4.52. The molecule has 1 atom stereocenters. The van der Waals surface area contributed by atoms with Gasteiger partial charge in [0, 0.05) is 17.0 Å². The predicted octanol–water partition coefficient (Wildman–Crippen LogP) is 4.55. The number of ether oxygens (including phenoxy) is 2. The lowest BCUT2D eigenvalue weighted by molar-refractivity contribution is 0.0697. The first-order valence-electron chi connectivity index (χ1n) is 8.87. The highest BCUT2D eigenvalue weighted by atomic mass is 32.1. The second-order valence-corrected chi connectivity index (χ2v) is 7.42. The molecule has 0 N–H and O–H groups in total. The Kier molecular flexibility index (Phi) is 4.86. The van der Waals surface area contributed by atoms with Gasteiger partial charge in [-0.2, -0.15) is 0 Å². The van der Waals surface area contributed by atoms with Crippen LogP contribution in [0.15, 0.2) is 60.0 Å². The third-order valence-electron chi connectivity index (χ3n) is 4.97. The Morgan fingerprint density at radius 3 is 2.44 bits per heavy atom.